The van der Waals surface area contributed by atoms with Gasteiger partial charge in [-0.15, -0.1) is 0 Å². The molecular weight excluding hydrogens is 213 g/mol. The van der Waals surface area contributed by atoms with E-state index in [-0.39, 0.29) is 5.82 Å². The summed E-state index contributed by atoms with van der Waals surface area (Å²) in [5.74, 6) is -0.222. The SMILES string of the molecule is CCCC(Cc1cc(F)ccc1Cl)NC. The maximum atomic E-state index is 13.0. The first-order valence-corrected chi connectivity index (χ1v) is 5.66. The first kappa shape index (κ1) is 12.5. The maximum Gasteiger partial charge on any atom is 0.123 e. The van der Waals surface area contributed by atoms with Crippen LogP contribution in [0.15, 0.2) is 18.2 Å². The first-order valence-electron chi connectivity index (χ1n) is 5.28. The lowest BCUT2D eigenvalue weighted by molar-refractivity contribution is 0.512. The van der Waals surface area contributed by atoms with Crippen LogP contribution < -0.4 is 5.32 Å². The summed E-state index contributed by atoms with van der Waals surface area (Å²) in [6.07, 6.45) is 2.96. The molecule has 0 fully saturated rings. The maximum absolute atomic E-state index is 13.0. The second kappa shape index (κ2) is 6.09. The molecule has 0 bridgehead atoms. The van der Waals surface area contributed by atoms with Crippen LogP contribution in [0.4, 0.5) is 4.39 Å². The van der Waals surface area contributed by atoms with E-state index in [9.17, 15) is 4.39 Å². The number of rotatable bonds is 5. The highest BCUT2D eigenvalue weighted by molar-refractivity contribution is 6.31. The van der Waals surface area contributed by atoms with Gasteiger partial charge in [-0.05, 0) is 43.7 Å². The van der Waals surface area contributed by atoms with Crippen molar-refractivity contribution in [1.29, 1.82) is 0 Å². The Hall–Kier alpha value is -0.600. The van der Waals surface area contributed by atoms with E-state index in [1.165, 1.54) is 12.1 Å². The second-order valence-electron chi connectivity index (χ2n) is 3.71. The molecule has 1 unspecified atom stereocenters. The zero-order valence-electron chi connectivity index (χ0n) is 9.19. The van der Waals surface area contributed by atoms with Gasteiger partial charge in [0.1, 0.15) is 5.82 Å². The van der Waals surface area contributed by atoms with Crippen molar-refractivity contribution in [2.45, 2.75) is 32.2 Å². The summed E-state index contributed by atoms with van der Waals surface area (Å²) in [5, 5.41) is 3.86. The van der Waals surface area contributed by atoms with Crippen LogP contribution in [0.1, 0.15) is 25.3 Å². The van der Waals surface area contributed by atoms with Crippen LogP contribution in [-0.2, 0) is 6.42 Å². The Morgan fingerprint density at radius 3 is 2.80 bits per heavy atom. The molecule has 0 aliphatic rings. The Bertz CT molecular complexity index is 314. The van der Waals surface area contributed by atoms with Crippen molar-refractivity contribution in [1.82, 2.24) is 5.32 Å². The summed E-state index contributed by atoms with van der Waals surface area (Å²) in [6.45, 7) is 2.14. The third kappa shape index (κ3) is 3.80. The molecule has 1 nitrogen and oxygen atoms in total. The van der Waals surface area contributed by atoms with Crippen LogP contribution in [0, 0.1) is 5.82 Å². The summed E-state index contributed by atoms with van der Waals surface area (Å²) in [7, 11) is 1.92. The fraction of sp³-hybridized carbons (Fsp3) is 0.500. The highest BCUT2D eigenvalue weighted by Gasteiger charge is 2.09. The molecule has 1 atom stereocenters. The van der Waals surface area contributed by atoms with Gasteiger partial charge in [0, 0.05) is 11.1 Å². The van der Waals surface area contributed by atoms with Crippen molar-refractivity contribution in [3.05, 3.63) is 34.6 Å². The van der Waals surface area contributed by atoms with Crippen LogP contribution in [0.2, 0.25) is 5.02 Å². The lowest BCUT2D eigenvalue weighted by Crippen LogP contribution is -2.27. The number of nitrogens with one attached hydrogen (secondary N) is 1. The monoisotopic (exact) mass is 229 g/mol. The first-order chi connectivity index (χ1) is 7.17. The number of halogens is 2. The van der Waals surface area contributed by atoms with Gasteiger partial charge in [-0.1, -0.05) is 24.9 Å². The molecule has 0 radical (unpaired) electrons. The Morgan fingerprint density at radius 1 is 1.47 bits per heavy atom. The lowest BCUT2D eigenvalue weighted by Gasteiger charge is -2.15. The van der Waals surface area contributed by atoms with Gasteiger partial charge in [0.2, 0.25) is 0 Å². The summed E-state index contributed by atoms with van der Waals surface area (Å²) in [6, 6.07) is 4.89. The van der Waals surface area contributed by atoms with Crippen molar-refractivity contribution in [2.24, 2.45) is 0 Å². The number of hydrogen-bond donors (Lipinski definition) is 1. The molecule has 1 N–H and O–H groups in total. The van der Waals surface area contributed by atoms with Gasteiger partial charge >= 0.3 is 0 Å². The van der Waals surface area contributed by atoms with Crippen molar-refractivity contribution in [2.75, 3.05) is 7.05 Å². The summed E-state index contributed by atoms with van der Waals surface area (Å²) in [4.78, 5) is 0. The Kier molecular flexibility index (Phi) is 5.06. The van der Waals surface area contributed by atoms with Crippen LogP contribution >= 0.6 is 11.6 Å². The van der Waals surface area contributed by atoms with Gasteiger partial charge in [0.25, 0.3) is 0 Å². The number of likely N-dealkylation sites (N-methyl/N-ethyl adjacent to an activating group) is 1. The van der Waals surface area contributed by atoms with Crippen LogP contribution in [0.5, 0.6) is 0 Å². The molecule has 3 heteroatoms. The van der Waals surface area contributed by atoms with Gasteiger partial charge in [0.15, 0.2) is 0 Å². The van der Waals surface area contributed by atoms with Gasteiger partial charge in [-0.2, -0.15) is 0 Å². The van der Waals surface area contributed by atoms with Gasteiger partial charge in [-0.25, -0.2) is 4.39 Å². The zero-order valence-corrected chi connectivity index (χ0v) is 9.94. The summed E-state index contributed by atoms with van der Waals surface area (Å²) in [5.41, 5.74) is 0.879. The predicted octanol–water partition coefficient (Wildman–Crippen LogP) is 3.41. The Labute approximate surface area is 95.6 Å². The predicted molar refractivity (Wildman–Crippen MR) is 62.9 cm³/mol. The molecule has 15 heavy (non-hydrogen) atoms. The largest absolute Gasteiger partial charge is 0.317 e. The highest BCUT2D eigenvalue weighted by atomic mass is 35.5. The van der Waals surface area contributed by atoms with Gasteiger partial charge in [-0.3, -0.25) is 0 Å². The van der Waals surface area contributed by atoms with E-state index >= 15 is 0 Å². The number of hydrogen-bond acceptors (Lipinski definition) is 1. The van der Waals surface area contributed by atoms with E-state index in [0.29, 0.717) is 11.1 Å². The molecule has 1 aromatic rings. The summed E-state index contributed by atoms with van der Waals surface area (Å²) >= 11 is 6.00. The molecule has 0 aliphatic carbocycles. The summed E-state index contributed by atoms with van der Waals surface area (Å²) < 4.78 is 13.0. The molecule has 84 valence electrons. The molecular formula is C12H17ClFN. The molecule has 0 amide bonds. The third-order valence-corrected chi connectivity index (χ3v) is 2.89. The van der Waals surface area contributed by atoms with E-state index in [2.05, 4.69) is 12.2 Å². The van der Waals surface area contributed by atoms with Crippen molar-refractivity contribution < 1.29 is 4.39 Å². The standard InChI is InChI=1S/C12H17ClFN/c1-3-4-11(15-2)8-9-7-10(14)5-6-12(9)13/h5-7,11,15H,3-4,8H2,1-2H3. The quantitative estimate of drug-likeness (QED) is 0.816. The Balaban J connectivity index is 2.73. The lowest BCUT2D eigenvalue weighted by atomic mass is 10.0. The topological polar surface area (TPSA) is 12.0 Å². The van der Waals surface area contributed by atoms with Gasteiger partial charge in [0.05, 0.1) is 0 Å². The minimum atomic E-state index is -0.222. The minimum absolute atomic E-state index is 0.222. The molecule has 1 aromatic carbocycles. The van der Waals surface area contributed by atoms with E-state index in [1.54, 1.807) is 6.07 Å². The minimum Gasteiger partial charge on any atom is -0.317 e. The molecule has 0 aromatic heterocycles. The molecule has 0 spiro atoms. The van der Waals surface area contributed by atoms with E-state index in [4.69, 9.17) is 11.6 Å². The highest BCUT2D eigenvalue weighted by Crippen LogP contribution is 2.19. The van der Waals surface area contributed by atoms with Crippen molar-refractivity contribution in [3.8, 4) is 0 Å². The third-order valence-electron chi connectivity index (χ3n) is 2.52. The molecule has 0 saturated carbocycles. The molecule has 1 rings (SSSR count). The molecule has 0 heterocycles. The normalized spacial score (nSPS) is 12.8. The van der Waals surface area contributed by atoms with E-state index in [1.807, 2.05) is 7.05 Å². The van der Waals surface area contributed by atoms with E-state index < -0.39 is 0 Å². The van der Waals surface area contributed by atoms with E-state index in [0.717, 1.165) is 24.8 Å². The Morgan fingerprint density at radius 2 is 2.20 bits per heavy atom. The fourth-order valence-corrected chi connectivity index (χ4v) is 1.86. The van der Waals surface area contributed by atoms with Crippen LogP contribution in [0.25, 0.3) is 0 Å². The average Bonchev–Trinajstić information content (AvgIpc) is 2.22. The number of benzene rings is 1. The van der Waals surface area contributed by atoms with Gasteiger partial charge < -0.3 is 5.32 Å². The van der Waals surface area contributed by atoms with Crippen molar-refractivity contribution in [3.63, 3.8) is 0 Å². The van der Waals surface area contributed by atoms with Crippen LogP contribution in [-0.4, -0.2) is 13.1 Å². The average molecular weight is 230 g/mol. The second-order valence-corrected chi connectivity index (χ2v) is 4.12. The zero-order chi connectivity index (χ0) is 11.3. The fourth-order valence-electron chi connectivity index (χ4n) is 1.66. The smallest absolute Gasteiger partial charge is 0.123 e. The molecule has 0 aliphatic heterocycles. The van der Waals surface area contributed by atoms with Crippen LogP contribution in [0.3, 0.4) is 0 Å². The molecule has 0 saturated heterocycles. The van der Waals surface area contributed by atoms with Crippen molar-refractivity contribution >= 4 is 11.6 Å².